The zero-order chi connectivity index (χ0) is 21.6. The van der Waals surface area contributed by atoms with E-state index in [9.17, 15) is 13.2 Å². The van der Waals surface area contributed by atoms with E-state index in [1.807, 2.05) is 20.8 Å². The van der Waals surface area contributed by atoms with E-state index >= 15 is 0 Å². The second kappa shape index (κ2) is 10.3. The molecule has 0 bridgehead atoms. The van der Waals surface area contributed by atoms with E-state index in [4.69, 9.17) is 9.47 Å². The lowest BCUT2D eigenvalue weighted by Gasteiger charge is -2.24. The van der Waals surface area contributed by atoms with Crippen LogP contribution in [0.25, 0.3) is 0 Å². The summed E-state index contributed by atoms with van der Waals surface area (Å²) in [7, 11) is -3.89. The first-order valence-electron chi connectivity index (χ1n) is 10.3. The van der Waals surface area contributed by atoms with E-state index in [1.165, 1.54) is 12.1 Å². The second-order valence-corrected chi connectivity index (χ2v) is 10.1. The van der Waals surface area contributed by atoms with Crippen molar-refractivity contribution in [1.82, 2.24) is 10.0 Å². The Kier molecular flexibility index (Phi) is 8.34. The van der Waals surface area contributed by atoms with Crippen molar-refractivity contribution in [3.05, 3.63) is 18.2 Å². The zero-order valence-electron chi connectivity index (χ0n) is 18.0. The van der Waals surface area contributed by atoms with Crippen molar-refractivity contribution in [3.63, 3.8) is 0 Å². The first kappa shape index (κ1) is 23.5. The number of carbonyl (C=O) groups is 1. The molecule has 29 heavy (non-hydrogen) atoms. The van der Waals surface area contributed by atoms with Crippen LogP contribution in [0.3, 0.4) is 0 Å². The van der Waals surface area contributed by atoms with Crippen LogP contribution >= 0.6 is 0 Å². The molecule has 0 spiro atoms. The van der Waals surface area contributed by atoms with Gasteiger partial charge in [-0.2, -0.15) is 4.72 Å². The third-order valence-corrected chi connectivity index (χ3v) is 6.30. The molecule has 7 nitrogen and oxygen atoms in total. The minimum Gasteiger partial charge on any atom is -0.486 e. The SMILES string of the molecule is CC(C)CCCC(C)NC(=O)[C@@H](NS(=O)(=O)c1ccc2c(c1)OCCO2)C(C)C. The highest BCUT2D eigenvalue weighted by atomic mass is 32.2. The Hall–Kier alpha value is -1.80. The van der Waals surface area contributed by atoms with Gasteiger partial charge in [-0.3, -0.25) is 4.79 Å². The van der Waals surface area contributed by atoms with E-state index in [0.717, 1.165) is 19.3 Å². The van der Waals surface area contributed by atoms with Crippen LogP contribution in [0.2, 0.25) is 0 Å². The average Bonchev–Trinajstić information content (AvgIpc) is 2.65. The topological polar surface area (TPSA) is 93.7 Å². The van der Waals surface area contributed by atoms with Gasteiger partial charge in [0.05, 0.1) is 4.90 Å². The van der Waals surface area contributed by atoms with Gasteiger partial charge in [-0.15, -0.1) is 0 Å². The standard InChI is InChI=1S/C21H34N2O5S/c1-14(2)7-6-8-16(5)22-21(24)20(15(3)4)23-29(25,26)17-9-10-18-19(13-17)28-12-11-27-18/h9-10,13-16,20,23H,6-8,11-12H2,1-5H3,(H,22,24)/t16?,20-/m0/s1. The van der Waals surface area contributed by atoms with Crippen molar-refractivity contribution in [3.8, 4) is 11.5 Å². The molecule has 1 unspecified atom stereocenters. The number of carbonyl (C=O) groups excluding carboxylic acids is 1. The molecule has 0 saturated heterocycles. The van der Waals surface area contributed by atoms with Crippen molar-refractivity contribution in [2.75, 3.05) is 13.2 Å². The monoisotopic (exact) mass is 426 g/mol. The molecule has 1 aromatic rings. The molecule has 1 amide bonds. The molecule has 164 valence electrons. The van der Waals surface area contributed by atoms with Gasteiger partial charge in [0.1, 0.15) is 19.3 Å². The summed E-state index contributed by atoms with van der Waals surface area (Å²) in [6, 6.07) is 3.59. The molecule has 0 aliphatic carbocycles. The predicted molar refractivity (Wildman–Crippen MR) is 113 cm³/mol. The number of fused-ring (bicyclic) bond motifs is 1. The summed E-state index contributed by atoms with van der Waals surface area (Å²) < 4.78 is 39.2. The van der Waals surface area contributed by atoms with Crippen LogP contribution in [0, 0.1) is 11.8 Å². The van der Waals surface area contributed by atoms with Gasteiger partial charge >= 0.3 is 0 Å². The van der Waals surface area contributed by atoms with Crippen LogP contribution < -0.4 is 19.5 Å². The normalized spacial score (nSPS) is 16.0. The number of amides is 1. The summed E-state index contributed by atoms with van der Waals surface area (Å²) in [6.45, 7) is 10.7. The lowest BCUT2D eigenvalue weighted by Crippen LogP contribution is -2.51. The first-order valence-corrected chi connectivity index (χ1v) is 11.8. The lowest BCUT2D eigenvalue weighted by atomic mass is 10.0. The van der Waals surface area contributed by atoms with E-state index in [-0.39, 0.29) is 22.8 Å². The zero-order valence-corrected chi connectivity index (χ0v) is 18.8. The molecule has 0 radical (unpaired) electrons. The molecule has 0 fully saturated rings. The number of hydrogen-bond donors (Lipinski definition) is 2. The van der Waals surface area contributed by atoms with Crippen molar-refractivity contribution < 1.29 is 22.7 Å². The van der Waals surface area contributed by atoms with Crippen molar-refractivity contribution in [2.45, 2.75) is 70.9 Å². The number of ether oxygens (including phenoxy) is 2. The summed E-state index contributed by atoms with van der Waals surface area (Å²) in [5, 5.41) is 2.95. The highest BCUT2D eigenvalue weighted by Gasteiger charge is 2.30. The molecule has 1 aromatic carbocycles. The molecule has 2 atom stereocenters. The van der Waals surface area contributed by atoms with Gasteiger partial charge in [0.25, 0.3) is 0 Å². The quantitative estimate of drug-likeness (QED) is 0.600. The molecule has 0 aromatic heterocycles. The van der Waals surface area contributed by atoms with E-state index in [2.05, 4.69) is 23.9 Å². The Bertz CT molecular complexity index is 792. The van der Waals surface area contributed by atoms with Gasteiger partial charge in [0.15, 0.2) is 11.5 Å². The molecule has 8 heteroatoms. The van der Waals surface area contributed by atoms with Gasteiger partial charge in [0, 0.05) is 12.1 Å². The fourth-order valence-electron chi connectivity index (χ4n) is 3.16. The van der Waals surface area contributed by atoms with Gasteiger partial charge < -0.3 is 14.8 Å². The van der Waals surface area contributed by atoms with Crippen LogP contribution in [0.1, 0.15) is 53.9 Å². The Morgan fingerprint density at radius 2 is 1.69 bits per heavy atom. The molecule has 1 aliphatic heterocycles. The minimum absolute atomic E-state index is 0.0127. The van der Waals surface area contributed by atoms with Crippen LogP contribution in [0.4, 0.5) is 0 Å². The Morgan fingerprint density at radius 3 is 2.31 bits per heavy atom. The Labute approximate surface area is 174 Å². The van der Waals surface area contributed by atoms with Gasteiger partial charge in [-0.1, -0.05) is 40.5 Å². The first-order chi connectivity index (χ1) is 13.6. The van der Waals surface area contributed by atoms with Crippen molar-refractivity contribution >= 4 is 15.9 Å². The van der Waals surface area contributed by atoms with Gasteiger partial charge in [-0.25, -0.2) is 8.42 Å². The van der Waals surface area contributed by atoms with E-state index in [1.54, 1.807) is 6.07 Å². The highest BCUT2D eigenvalue weighted by molar-refractivity contribution is 7.89. The van der Waals surface area contributed by atoms with E-state index < -0.39 is 16.1 Å². The summed E-state index contributed by atoms with van der Waals surface area (Å²) in [4.78, 5) is 12.8. The summed E-state index contributed by atoms with van der Waals surface area (Å²) in [5.41, 5.74) is 0. The number of hydrogen-bond acceptors (Lipinski definition) is 5. The molecule has 2 rings (SSSR count). The van der Waals surface area contributed by atoms with Crippen molar-refractivity contribution in [2.24, 2.45) is 11.8 Å². The third-order valence-electron chi connectivity index (χ3n) is 4.86. The van der Waals surface area contributed by atoms with Crippen molar-refractivity contribution in [1.29, 1.82) is 0 Å². The Morgan fingerprint density at radius 1 is 1.03 bits per heavy atom. The lowest BCUT2D eigenvalue weighted by molar-refractivity contribution is -0.124. The predicted octanol–water partition coefficient (Wildman–Crippen LogP) is 3.09. The summed E-state index contributed by atoms with van der Waals surface area (Å²) in [6.07, 6.45) is 2.99. The molecular formula is C21H34N2O5S. The van der Waals surface area contributed by atoms with Gasteiger partial charge in [0.2, 0.25) is 15.9 Å². The van der Waals surface area contributed by atoms with Crippen LogP contribution in [0.15, 0.2) is 23.1 Å². The minimum atomic E-state index is -3.89. The highest BCUT2D eigenvalue weighted by Crippen LogP contribution is 2.32. The van der Waals surface area contributed by atoms with Crippen LogP contribution in [0.5, 0.6) is 11.5 Å². The second-order valence-electron chi connectivity index (χ2n) is 8.38. The molecule has 1 heterocycles. The fourth-order valence-corrected chi connectivity index (χ4v) is 4.51. The number of rotatable bonds is 10. The van der Waals surface area contributed by atoms with Crippen LogP contribution in [-0.4, -0.2) is 39.6 Å². The maximum absolute atomic E-state index is 12.9. The number of sulfonamides is 1. The van der Waals surface area contributed by atoms with Crippen LogP contribution in [-0.2, 0) is 14.8 Å². The fraction of sp³-hybridized carbons (Fsp3) is 0.667. The molecule has 1 aliphatic rings. The smallest absolute Gasteiger partial charge is 0.241 e. The molecular weight excluding hydrogens is 392 g/mol. The summed E-state index contributed by atoms with van der Waals surface area (Å²) >= 11 is 0. The maximum Gasteiger partial charge on any atom is 0.241 e. The molecule has 0 saturated carbocycles. The molecule has 2 N–H and O–H groups in total. The Balaban J connectivity index is 2.05. The third kappa shape index (κ3) is 6.89. The van der Waals surface area contributed by atoms with Gasteiger partial charge in [-0.05, 0) is 37.3 Å². The number of nitrogens with one attached hydrogen (secondary N) is 2. The number of benzene rings is 1. The summed E-state index contributed by atoms with van der Waals surface area (Å²) in [5.74, 6) is 1.02. The van der Waals surface area contributed by atoms with E-state index in [0.29, 0.717) is 30.6 Å². The largest absolute Gasteiger partial charge is 0.486 e. The maximum atomic E-state index is 12.9. The average molecular weight is 427 g/mol.